The van der Waals surface area contributed by atoms with Gasteiger partial charge >= 0.3 is 11.9 Å². The number of aromatic nitrogens is 3. The molecule has 39 heavy (non-hydrogen) atoms. The number of benzene rings is 1. The molecule has 0 saturated carbocycles. The molecule has 1 aromatic carbocycles. The summed E-state index contributed by atoms with van der Waals surface area (Å²) in [5.41, 5.74) is -2.51. The number of carbonyl (C=O) groups excluding carboxylic acids is 2. The zero-order valence-corrected chi connectivity index (χ0v) is 24.5. The lowest BCUT2D eigenvalue weighted by atomic mass is 9.89. The second kappa shape index (κ2) is 9.78. The summed E-state index contributed by atoms with van der Waals surface area (Å²) in [5.74, 6) is -3.21. The fourth-order valence-corrected chi connectivity index (χ4v) is 4.75. The van der Waals surface area contributed by atoms with Gasteiger partial charge in [0, 0.05) is 11.1 Å². The molecule has 0 amide bonds. The predicted octanol–water partition coefficient (Wildman–Crippen LogP) is 4.58. The summed E-state index contributed by atoms with van der Waals surface area (Å²) in [7, 11) is 0. The van der Waals surface area contributed by atoms with E-state index in [0.29, 0.717) is 5.01 Å². The summed E-state index contributed by atoms with van der Waals surface area (Å²) >= 11 is 1.20. The first-order valence-electron chi connectivity index (χ1n) is 12.6. The highest BCUT2D eigenvalue weighted by molar-refractivity contribution is 7.19. The van der Waals surface area contributed by atoms with Crippen molar-refractivity contribution >= 4 is 28.2 Å². The van der Waals surface area contributed by atoms with Crippen molar-refractivity contribution < 1.29 is 23.8 Å². The van der Waals surface area contributed by atoms with Crippen LogP contribution in [0, 0.1) is 0 Å². The van der Waals surface area contributed by atoms with E-state index in [2.05, 4.69) is 15.4 Å². The molecule has 208 valence electrons. The lowest BCUT2D eigenvalue weighted by molar-refractivity contribution is -0.160. The number of hydrogen-bond acceptors (Lipinski definition) is 10. The Morgan fingerprint density at radius 2 is 1.59 bits per heavy atom. The quantitative estimate of drug-likeness (QED) is 0.462. The minimum absolute atomic E-state index is 0.0239. The van der Waals surface area contributed by atoms with Crippen molar-refractivity contribution in [3.63, 3.8) is 0 Å². The Morgan fingerprint density at radius 1 is 0.974 bits per heavy atom. The van der Waals surface area contributed by atoms with Crippen LogP contribution in [0.1, 0.15) is 73.8 Å². The molecule has 1 atom stereocenters. The Balaban J connectivity index is 1.99. The van der Waals surface area contributed by atoms with Crippen molar-refractivity contribution in [1.29, 1.82) is 0 Å². The molecule has 0 bridgehead atoms. The third-order valence-corrected chi connectivity index (χ3v) is 6.16. The van der Waals surface area contributed by atoms with Gasteiger partial charge in [0.05, 0.1) is 0 Å². The summed E-state index contributed by atoms with van der Waals surface area (Å²) in [4.78, 5) is 46.1. The normalized spacial score (nSPS) is 16.0. The van der Waals surface area contributed by atoms with E-state index in [-0.39, 0.29) is 27.9 Å². The van der Waals surface area contributed by atoms with Gasteiger partial charge in [0.1, 0.15) is 33.3 Å². The maximum atomic E-state index is 13.9. The lowest BCUT2D eigenvalue weighted by Crippen LogP contribution is -2.45. The molecular formula is C28H34N4O6S. The first-order valence-corrected chi connectivity index (χ1v) is 13.4. The van der Waals surface area contributed by atoms with Crippen molar-refractivity contribution in [2.75, 3.05) is 0 Å². The standard InChI is InChI=1S/C28H34N4O6S/c1-26(2,3)30-20-18(24(35)38-28(7,8)9)16(23(34)37-27(4,5)6)17-19(36-20)29-25-32(22(17)33)31-21(39-25)15-13-11-10-12-14-15/h10-14,16,30H,1-9H3. The zero-order valence-electron chi connectivity index (χ0n) is 23.7. The molecule has 1 unspecified atom stereocenters. The van der Waals surface area contributed by atoms with Crippen molar-refractivity contribution in [3.05, 3.63) is 57.7 Å². The van der Waals surface area contributed by atoms with Gasteiger partial charge < -0.3 is 19.5 Å². The molecule has 0 saturated heterocycles. The second-order valence-corrected chi connectivity index (χ2v) is 13.2. The number of fused-ring (bicyclic) bond motifs is 2. The number of nitrogens with zero attached hydrogens (tertiary/aromatic N) is 3. The second-order valence-electron chi connectivity index (χ2n) is 12.3. The molecule has 1 aliphatic rings. The van der Waals surface area contributed by atoms with E-state index in [1.807, 2.05) is 51.1 Å². The zero-order chi connectivity index (χ0) is 28.9. The monoisotopic (exact) mass is 554 g/mol. The highest BCUT2D eigenvalue weighted by Crippen LogP contribution is 2.40. The van der Waals surface area contributed by atoms with Gasteiger partial charge in [0.15, 0.2) is 0 Å². The van der Waals surface area contributed by atoms with Gasteiger partial charge in [0.2, 0.25) is 16.7 Å². The van der Waals surface area contributed by atoms with Crippen LogP contribution in [0.2, 0.25) is 0 Å². The molecule has 2 aromatic heterocycles. The molecule has 11 heteroatoms. The van der Waals surface area contributed by atoms with Gasteiger partial charge in [-0.1, -0.05) is 41.7 Å². The SMILES string of the molecule is CC(C)(C)NC1=C(C(=O)OC(C)(C)C)C(C(=O)OC(C)(C)C)c2c(nc3sc(-c4ccccc4)nn3c2=O)O1. The number of esters is 2. The molecule has 3 aromatic rings. The number of nitrogens with one attached hydrogen (secondary N) is 1. The molecule has 3 heterocycles. The maximum Gasteiger partial charge on any atom is 0.341 e. The van der Waals surface area contributed by atoms with E-state index < -0.39 is 40.2 Å². The van der Waals surface area contributed by atoms with Crippen molar-refractivity contribution in [2.45, 2.75) is 85.0 Å². The Labute approximate surface area is 231 Å². The maximum absolute atomic E-state index is 13.9. The van der Waals surface area contributed by atoms with E-state index in [9.17, 15) is 14.4 Å². The molecule has 0 fully saturated rings. The summed E-state index contributed by atoms with van der Waals surface area (Å²) in [6.07, 6.45) is 0. The molecule has 0 spiro atoms. The van der Waals surface area contributed by atoms with Gasteiger partial charge in [-0.25, -0.2) is 4.79 Å². The molecular weight excluding hydrogens is 520 g/mol. The third-order valence-electron chi connectivity index (χ3n) is 5.20. The van der Waals surface area contributed by atoms with E-state index in [4.69, 9.17) is 14.2 Å². The third kappa shape index (κ3) is 6.30. The molecule has 10 nitrogen and oxygen atoms in total. The highest BCUT2D eigenvalue weighted by Gasteiger charge is 2.46. The smallest absolute Gasteiger partial charge is 0.341 e. The van der Waals surface area contributed by atoms with Crippen molar-refractivity contribution in [3.8, 4) is 16.5 Å². The Bertz CT molecular complexity index is 1520. The average Bonchev–Trinajstić information content (AvgIpc) is 3.20. The van der Waals surface area contributed by atoms with Gasteiger partial charge in [-0.05, 0) is 62.3 Å². The predicted molar refractivity (Wildman–Crippen MR) is 148 cm³/mol. The highest BCUT2D eigenvalue weighted by atomic mass is 32.1. The van der Waals surface area contributed by atoms with E-state index in [1.165, 1.54) is 11.3 Å². The number of hydrogen-bond donors (Lipinski definition) is 1. The first-order chi connectivity index (χ1) is 17.9. The Kier molecular flexibility index (Phi) is 7.09. The molecule has 0 radical (unpaired) electrons. The van der Waals surface area contributed by atoms with Crippen LogP contribution in [0.4, 0.5) is 0 Å². The first kappa shape index (κ1) is 28.3. The largest absolute Gasteiger partial charge is 0.459 e. The summed E-state index contributed by atoms with van der Waals surface area (Å²) in [6, 6.07) is 9.36. The molecule has 1 N–H and O–H groups in total. The topological polar surface area (TPSA) is 121 Å². The molecule has 4 rings (SSSR count). The van der Waals surface area contributed by atoms with Crippen LogP contribution in [-0.2, 0) is 19.1 Å². The van der Waals surface area contributed by atoms with Crippen LogP contribution >= 0.6 is 11.3 Å². The van der Waals surface area contributed by atoms with E-state index in [1.54, 1.807) is 41.5 Å². The Morgan fingerprint density at radius 3 is 2.15 bits per heavy atom. The van der Waals surface area contributed by atoms with Crippen molar-refractivity contribution in [1.82, 2.24) is 19.9 Å². The van der Waals surface area contributed by atoms with Gasteiger partial charge in [-0.2, -0.15) is 14.6 Å². The fourth-order valence-electron chi connectivity index (χ4n) is 3.86. The number of carbonyl (C=O) groups is 2. The summed E-state index contributed by atoms with van der Waals surface area (Å²) < 4.78 is 18.6. The summed E-state index contributed by atoms with van der Waals surface area (Å²) in [6.45, 7) is 15.9. The van der Waals surface area contributed by atoms with Crippen molar-refractivity contribution in [2.24, 2.45) is 0 Å². The van der Waals surface area contributed by atoms with Crippen LogP contribution in [0.25, 0.3) is 15.5 Å². The van der Waals surface area contributed by atoms with Gasteiger partial charge in [-0.3, -0.25) is 9.59 Å². The molecule has 0 aliphatic carbocycles. The van der Waals surface area contributed by atoms with Gasteiger partial charge in [0.25, 0.3) is 5.56 Å². The summed E-state index contributed by atoms with van der Waals surface area (Å²) in [5, 5.41) is 8.18. The van der Waals surface area contributed by atoms with E-state index >= 15 is 0 Å². The number of rotatable bonds is 4. The lowest BCUT2D eigenvalue weighted by Gasteiger charge is -2.33. The van der Waals surface area contributed by atoms with Crippen LogP contribution in [0.3, 0.4) is 0 Å². The van der Waals surface area contributed by atoms with Gasteiger partial charge in [-0.15, -0.1) is 0 Å². The van der Waals surface area contributed by atoms with Crippen LogP contribution < -0.4 is 15.6 Å². The number of ether oxygens (including phenoxy) is 3. The minimum Gasteiger partial charge on any atom is -0.459 e. The fraction of sp³-hybridized carbons (Fsp3) is 0.464. The minimum atomic E-state index is -1.47. The Hall–Kier alpha value is -3.73. The average molecular weight is 555 g/mol. The van der Waals surface area contributed by atoms with Crippen LogP contribution in [-0.4, -0.2) is 43.3 Å². The molecule has 1 aliphatic heterocycles. The van der Waals surface area contributed by atoms with Crippen LogP contribution in [0.5, 0.6) is 5.88 Å². The van der Waals surface area contributed by atoms with Crippen LogP contribution in [0.15, 0.2) is 46.6 Å². The van der Waals surface area contributed by atoms with E-state index in [0.717, 1.165) is 10.1 Å².